The first kappa shape index (κ1) is 15.1. The summed E-state index contributed by atoms with van der Waals surface area (Å²) in [6.07, 6.45) is 0. The maximum absolute atomic E-state index is 5.88. The summed E-state index contributed by atoms with van der Waals surface area (Å²) in [5, 5.41) is 4.70. The number of benzene rings is 1. The van der Waals surface area contributed by atoms with Gasteiger partial charge in [-0.3, -0.25) is 4.90 Å². The first-order valence-corrected chi connectivity index (χ1v) is 7.26. The molecule has 3 nitrogen and oxygen atoms in total. The van der Waals surface area contributed by atoms with Gasteiger partial charge in [0, 0.05) is 24.0 Å². The fourth-order valence-corrected chi connectivity index (χ4v) is 2.26. The van der Waals surface area contributed by atoms with Gasteiger partial charge in [-0.1, -0.05) is 11.6 Å². The zero-order valence-corrected chi connectivity index (χ0v) is 13.3. The Kier molecular flexibility index (Phi) is 4.51. The molecule has 0 saturated heterocycles. The van der Waals surface area contributed by atoms with Crippen LogP contribution in [0.5, 0.6) is 0 Å². The Morgan fingerprint density at radius 2 is 1.95 bits per heavy atom. The lowest BCUT2D eigenvalue weighted by Crippen LogP contribution is -2.40. The van der Waals surface area contributed by atoms with E-state index in [1.807, 2.05) is 0 Å². The van der Waals surface area contributed by atoms with E-state index >= 15 is 0 Å². The number of nitrogens with zero attached hydrogens (tertiary/aromatic N) is 1. The minimum Gasteiger partial charge on any atom is -0.460 e. The van der Waals surface area contributed by atoms with E-state index in [-0.39, 0.29) is 5.54 Å². The Morgan fingerprint density at radius 1 is 1.20 bits per heavy atom. The van der Waals surface area contributed by atoms with Crippen LogP contribution in [0.1, 0.15) is 32.1 Å². The molecule has 2 rings (SSSR count). The number of nitrogens with one attached hydrogen (secondary N) is 1. The van der Waals surface area contributed by atoms with Gasteiger partial charge in [0.1, 0.15) is 11.3 Å². The van der Waals surface area contributed by atoms with Crippen LogP contribution in [0.4, 0.5) is 0 Å². The van der Waals surface area contributed by atoms with Crippen LogP contribution in [0.25, 0.3) is 11.0 Å². The van der Waals surface area contributed by atoms with Crippen molar-refractivity contribution >= 4 is 11.0 Å². The van der Waals surface area contributed by atoms with Crippen molar-refractivity contribution in [3.63, 3.8) is 0 Å². The third-order valence-corrected chi connectivity index (χ3v) is 3.30. The molecule has 3 heteroatoms. The van der Waals surface area contributed by atoms with Crippen LogP contribution in [0.2, 0.25) is 0 Å². The van der Waals surface area contributed by atoms with Crippen LogP contribution < -0.4 is 5.32 Å². The van der Waals surface area contributed by atoms with E-state index in [0.717, 1.165) is 31.0 Å². The average molecular weight is 274 g/mol. The molecule has 0 aliphatic carbocycles. The molecule has 0 atom stereocenters. The summed E-state index contributed by atoms with van der Waals surface area (Å²) >= 11 is 0. The van der Waals surface area contributed by atoms with E-state index in [4.69, 9.17) is 4.42 Å². The summed E-state index contributed by atoms with van der Waals surface area (Å²) in [4.78, 5) is 2.28. The van der Waals surface area contributed by atoms with Gasteiger partial charge in [0.15, 0.2) is 0 Å². The molecule has 0 aliphatic rings. The van der Waals surface area contributed by atoms with E-state index in [2.05, 4.69) is 69.2 Å². The number of hydrogen-bond donors (Lipinski definition) is 1. The lowest BCUT2D eigenvalue weighted by molar-refractivity contribution is 0.283. The fraction of sp³-hybridized carbons (Fsp3) is 0.529. The minimum absolute atomic E-state index is 0.178. The zero-order valence-electron chi connectivity index (χ0n) is 13.3. The first-order chi connectivity index (χ1) is 9.33. The standard InChI is InChI=1S/C17H26N2O/c1-13-6-7-16-14(10-13)11-15(20-16)12-19(5)9-8-18-17(2,3)4/h6-7,10-11,18H,8-9,12H2,1-5H3. The highest BCUT2D eigenvalue weighted by atomic mass is 16.3. The second-order valence-electron chi connectivity index (χ2n) is 6.67. The second kappa shape index (κ2) is 5.98. The van der Waals surface area contributed by atoms with Gasteiger partial charge in [0.05, 0.1) is 6.54 Å². The highest BCUT2D eigenvalue weighted by molar-refractivity contribution is 5.78. The van der Waals surface area contributed by atoms with Crippen LogP contribution in [0, 0.1) is 6.92 Å². The Morgan fingerprint density at radius 3 is 2.65 bits per heavy atom. The predicted molar refractivity (Wildman–Crippen MR) is 85.0 cm³/mol. The second-order valence-corrected chi connectivity index (χ2v) is 6.67. The molecule has 20 heavy (non-hydrogen) atoms. The van der Waals surface area contributed by atoms with E-state index in [9.17, 15) is 0 Å². The third kappa shape index (κ3) is 4.36. The number of hydrogen-bond acceptors (Lipinski definition) is 3. The number of fused-ring (bicyclic) bond motifs is 1. The molecule has 0 radical (unpaired) electrons. The lowest BCUT2D eigenvalue weighted by Gasteiger charge is -2.23. The smallest absolute Gasteiger partial charge is 0.134 e. The van der Waals surface area contributed by atoms with Crippen molar-refractivity contribution in [1.82, 2.24) is 10.2 Å². The van der Waals surface area contributed by atoms with E-state index in [1.54, 1.807) is 0 Å². The molecule has 1 aromatic heterocycles. The van der Waals surface area contributed by atoms with Gasteiger partial charge in [-0.05, 0) is 52.9 Å². The quantitative estimate of drug-likeness (QED) is 0.903. The third-order valence-electron chi connectivity index (χ3n) is 3.30. The van der Waals surface area contributed by atoms with E-state index < -0.39 is 0 Å². The molecule has 0 amide bonds. The number of furan rings is 1. The van der Waals surface area contributed by atoms with Gasteiger partial charge in [0.25, 0.3) is 0 Å². The Balaban J connectivity index is 1.91. The van der Waals surface area contributed by atoms with Crippen molar-refractivity contribution in [3.8, 4) is 0 Å². The van der Waals surface area contributed by atoms with Crippen LogP contribution in [0.3, 0.4) is 0 Å². The minimum atomic E-state index is 0.178. The fourth-order valence-electron chi connectivity index (χ4n) is 2.26. The molecule has 1 aromatic carbocycles. The molecule has 2 aromatic rings. The van der Waals surface area contributed by atoms with Crippen molar-refractivity contribution in [2.75, 3.05) is 20.1 Å². The summed E-state index contributed by atoms with van der Waals surface area (Å²) in [5.74, 6) is 1.03. The summed E-state index contributed by atoms with van der Waals surface area (Å²) in [6.45, 7) is 11.5. The largest absolute Gasteiger partial charge is 0.460 e. The molecule has 0 spiro atoms. The monoisotopic (exact) mass is 274 g/mol. The highest BCUT2D eigenvalue weighted by Crippen LogP contribution is 2.21. The molecule has 1 heterocycles. The van der Waals surface area contributed by atoms with Crippen LogP contribution in [0.15, 0.2) is 28.7 Å². The summed E-state index contributed by atoms with van der Waals surface area (Å²) < 4.78 is 5.88. The molecule has 0 aliphatic heterocycles. The molecule has 0 fully saturated rings. The van der Waals surface area contributed by atoms with Gasteiger partial charge in [-0.25, -0.2) is 0 Å². The van der Waals surface area contributed by atoms with E-state index in [0.29, 0.717) is 0 Å². The van der Waals surface area contributed by atoms with Gasteiger partial charge >= 0.3 is 0 Å². The summed E-state index contributed by atoms with van der Waals surface area (Å²) in [7, 11) is 2.13. The van der Waals surface area contributed by atoms with Crippen LogP contribution in [-0.4, -0.2) is 30.6 Å². The first-order valence-electron chi connectivity index (χ1n) is 7.26. The maximum atomic E-state index is 5.88. The average Bonchev–Trinajstić information content (AvgIpc) is 2.68. The molecular weight excluding hydrogens is 248 g/mol. The SMILES string of the molecule is Cc1ccc2oc(CN(C)CCNC(C)(C)C)cc2c1. The Bertz CT molecular complexity index is 566. The van der Waals surface area contributed by atoms with Gasteiger partial charge in [0.2, 0.25) is 0 Å². The maximum Gasteiger partial charge on any atom is 0.134 e. The summed E-state index contributed by atoms with van der Waals surface area (Å²) in [5.41, 5.74) is 2.43. The molecular formula is C17H26N2O. The van der Waals surface area contributed by atoms with Crippen molar-refractivity contribution in [2.24, 2.45) is 0 Å². The number of rotatable bonds is 5. The Hall–Kier alpha value is -1.32. The van der Waals surface area contributed by atoms with Crippen molar-refractivity contribution in [2.45, 2.75) is 39.8 Å². The van der Waals surface area contributed by atoms with Crippen LogP contribution >= 0.6 is 0 Å². The van der Waals surface area contributed by atoms with Crippen molar-refractivity contribution in [1.29, 1.82) is 0 Å². The normalized spacial score (nSPS) is 12.5. The topological polar surface area (TPSA) is 28.4 Å². The van der Waals surface area contributed by atoms with Crippen molar-refractivity contribution < 1.29 is 4.42 Å². The highest BCUT2D eigenvalue weighted by Gasteiger charge is 2.10. The predicted octanol–water partition coefficient (Wildman–Crippen LogP) is 3.56. The Labute approximate surface area is 122 Å². The summed E-state index contributed by atoms with van der Waals surface area (Å²) in [6, 6.07) is 8.46. The van der Waals surface area contributed by atoms with Crippen molar-refractivity contribution in [3.05, 3.63) is 35.6 Å². The number of likely N-dealkylation sites (N-methyl/N-ethyl adjacent to an activating group) is 1. The molecule has 0 saturated carbocycles. The van der Waals surface area contributed by atoms with Gasteiger partial charge < -0.3 is 9.73 Å². The molecule has 1 N–H and O–H groups in total. The van der Waals surface area contributed by atoms with Gasteiger partial charge in [-0.2, -0.15) is 0 Å². The zero-order chi connectivity index (χ0) is 14.8. The van der Waals surface area contributed by atoms with Crippen LogP contribution in [-0.2, 0) is 6.54 Å². The molecule has 0 bridgehead atoms. The lowest BCUT2D eigenvalue weighted by atomic mass is 10.1. The number of aryl methyl sites for hydroxylation is 1. The van der Waals surface area contributed by atoms with E-state index in [1.165, 1.54) is 10.9 Å². The van der Waals surface area contributed by atoms with Gasteiger partial charge in [-0.15, -0.1) is 0 Å². The molecule has 110 valence electrons. The molecule has 0 unspecified atom stereocenters.